The third-order valence-electron chi connectivity index (χ3n) is 2.74. The van der Waals surface area contributed by atoms with E-state index in [0.717, 1.165) is 0 Å². The summed E-state index contributed by atoms with van der Waals surface area (Å²) in [6, 6.07) is 0. The van der Waals surface area contributed by atoms with Crippen LogP contribution in [0.4, 0.5) is 4.79 Å². The molecule has 2 aliphatic heterocycles. The van der Waals surface area contributed by atoms with E-state index in [-0.39, 0.29) is 11.6 Å². The van der Waals surface area contributed by atoms with Crippen LogP contribution in [0.15, 0.2) is 24.3 Å². The minimum absolute atomic E-state index is 0.205. The summed E-state index contributed by atoms with van der Waals surface area (Å²) < 4.78 is 20.0. The first-order valence-corrected chi connectivity index (χ1v) is 6.08. The van der Waals surface area contributed by atoms with Gasteiger partial charge in [0.05, 0.1) is 0 Å². The molecule has 0 bridgehead atoms. The summed E-state index contributed by atoms with van der Waals surface area (Å²) in [6.07, 6.45) is 0.845. The molecule has 7 nitrogen and oxygen atoms in total. The Bertz CT molecular complexity index is 437. The predicted octanol–water partition coefficient (Wildman–Crippen LogP) is 0.880. The van der Waals surface area contributed by atoms with E-state index in [1.54, 1.807) is 13.8 Å². The van der Waals surface area contributed by atoms with Gasteiger partial charge in [0, 0.05) is 0 Å². The normalized spacial score (nSPS) is 33.1. The van der Waals surface area contributed by atoms with Crippen molar-refractivity contribution >= 4 is 17.7 Å². The molecule has 2 heterocycles. The van der Waals surface area contributed by atoms with Gasteiger partial charge in [0.25, 0.3) is 0 Å². The van der Waals surface area contributed by atoms with Gasteiger partial charge in [-0.2, -0.15) is 0 Å². The highest BCUT2D eigenvalue weighted by molar-refractivity contribution is 5.94. The first kappa shape index (κ1) is 14.4. The largest absolute Gasteiger partial charge is 0.513 e. The molecule has 0 fully saturated rings. The molecule has 0 aliphatic carbocycles. The third-order valence-corrected chi connectivity index (χ3v) is 2.74. The number of hydrogen-bond donors (Lipinski definition) is 0. The summed E-state index contributed by atoms with van der Waals surface area (Å²) in [4.78, 5) is 33.8. The standard InChI is InChI=1S/C13H14O7/c1-7-9(14)3-5-11(17-7)19-13(16)20-12-6-4-10(15)8(2)18-12/h3-8,11-12H,1-2H3/t7-,8-,11-,12-/m1/s1. The highest BCUT2D eigenvalue weighted by Crippen LogP contribution is 2.14. The van der Waals surface area contributed by atoms with E-state index in [1.165, 1.54) is 24.3 Å². The number of rotatable bonds is 2. The minimum Gasteiger partial charge on any atom is -0.400 e. The van der Waals surface area contributed by atoms with E-state index in [9.17, 15) is 14.4 Å². The van der Waals surface area contributed by atoms with Crippen LogP contribution in [0.5, 0.6) is 0 Å². The number of hydrogen-bond acceptors (Lipinski definition) is 7. The summed E-state index contributed by atoms with van der Waals surface area (Å²) in [5.41, 5.74) is 0. The van der Waals surface area contributed by atoms with E-state index < -0.39 is 30.9 Å². The average molecular weight is 282 g/mol. The molecule has 0 radical (unpaired) electrons. The van der Waals surface area contributed by atoms with Crippen LogP contribution < -0.4 is 0 Å². The molecule has 0 aromatic carbocycles. The van der Waals surface area contributed by atoms with Crippen LogP contribution in [-0.2, 0) is 28.5 Å². The summed E-state index contributed by atoms with van der Waals surface area (Å²) in [6.45, 7) is 3.10. The van der Waals surface area contributed by atoms with Crippen LogP contribution in [0.25, 0.3) is 0 Å². The zero-order valence-electron chi connectivity index (χ0n) is 11.0. The highest BCUT2D eigenvalue weighted by Gasteiger charge is 2.27. The average Bonchev–Trinajstić information content (AvgIpc) is 2.38. The molecule has 0 unspecified atom stereocenters. The third kappa shape index (κ3) is 3.52. The SMILES string of the molecule is C[C@H]1O[C@H](OC(=O)O[C@@H]2C=CC(=O)[C@@H](C)O2)C=CC1=O. The van der Waals surface area contributed by atoms with Crippen LogP contribution in [0.1, 0.15) is 13.8 Å². The van der Waals surface area contributed by atoms with Crippen molar-refractivity contribution in [3.05, 3.63) is 24.3 Å². The molecule has 2 aliphatic rings. The molecule has 0 amide bonds. The van der Waals surface area contributed by atoms with E-state index >= 15 is 0 Å². The molecule has 7 heteroatoms. The quantitative estimate of drug-likeness (QED) is 0.694. The second-order valence-corrected chi connectivity index (χ2v) is 4.30. The van der Waals surface area contributed by atoms with E-state index in [1.807, 2.05) is 0 Å². The summed E-state index contributed by atoms with van der Waals surface area (Å²) in [5, 5.41) is 0. The predicted molar refractivity (Wildman–Crippen MR) is 64.5 cm³/mol. The Hall–Kier alpha value is -1.99. The molecule has 108 valence electrons. The van der Waals surface area contributed by atoms with Crippen molar-refractivity contribution in [2.45, 2.75) is 38.6 Å². The van der Waals surface area contributed by atoms with E-state index in [0.29, 0.717) is 0 Å². The Morgan fingerprint density at radius 1 is 0.950 bits per heavy atom. The van der Waals surface area contributed by atoms with Gasteiger partial charge in [0.1, 0.15) is 12.2 Å². The lowest BCUT2D eigenvalue weighted by Gasteiger charge is -2.24. The van der Waals surface area contributed by atoms with Crippen LogP contribution in [0, 0.1) is 0 Å². The fourth-order valence-corrected chi connectivity index (χ4v) is 1.60. The van der Waals surface area contributed by atoms with Gasteiger partial charge in [-0.05, 0) is 38.2 Å². The van der Waals surface area contributed by atoms with E-state index in [2.05, 4.69) is 0 Å². The van der Waals surface area contributed by atoms with Gasteiger partial charge in [-0.25, -0.2) is 4.79 Å². The van der Waals surface area contributed by atoms with Gasteiger partial charge in [-0.3, -0.25) is 9.59 Å². The molecule has 0 N–H and O–H groups in total. The Morgan fingerprint density at radius 2 is 1.35 bits per heavy atom. The lowest BCUT2D eigenvalue weighted by molar-refractivity contribution is -0.170. The van der Waals surface area contributed by atoms with Gasteiger partial charge in [0.15, 0.2) is 11.6 Å². The molecule has 20 heavy (non-hydrogen) atoms. The van der Waals surface area contributed by atoms with Crippen molar-refractivity contribution in [1.29, 1.82) is 0 Å². The molecule has 0 saturated carbocycles. The first-order chi connectivity index (χ1) is 9.45. The number of ether oxygens (including phenoxy) is 4. The van der Waals surface area contributed by atoms with Crippen LogP contribution in [0.3, 0.4) is 0 Å². The van der Waals surface area contributed by atoms with Gasteiger partial charge < -0.3 is 18.9 Å². The fraction of sp³-hybridized carbons (Fsp3) is 0.462. The molecule has 0 aromatic rings. The maximum Gasteiger partial charge on any atom is 0.513 e. The fourth-order valence-electron chi connectivity index (χ4n) is 1.60. The maximum absolute atomic E-state index is 11.5. The highest BCUT2D eigenvalue weighted by atomic mass is 16.8. The van der Waals surface area contributed by atoms with Crippen molar-refractivity contribution in [3.63, 3.8) is 0 Å². The summed E-state index contributed by atoms with van der Waals surface area (Å²) in [5.74, 6) is -0.409. The second kappa shape index (κ2) is 5.98. The monoisotopic (exact) mass is 282 g/mol. The molecule has 0 aromatic heterocycles. The van der Waals surface area contributed by atoms with Crippen molar-refractivity contribution in [3.8, 4) is 0 Å². The molecule has 0 spiro atoms. The molecular weight excluding hydrogens is 268 g/mol. The van der Waals surface area contributed by atoms with Crippen molar-refractivity contribution in [2.75, 3.05) is 0 Å². The molecule has 4 atom stereocenters. The topological polar surface area (TPSA) is 88.1 Å². The van der Waals surface area contributed by atoms with Crippen molar-refractivity contribution in [2.24, 2.45) is 0 Å². The second-order valence-electron chi connectivity index (χ2n) is 4.30. The lowest BCUT2D eigenvalue weighted by atomic mass is 10.2. The first-order valence-electron chi connectivity index (χ1n) is 6.08. The Balaban J connectivity index is 1.84. The number of carbonyl (C=O) groups is 3. The number of ketones is 2. The molecular formula is C13H14O7. The Labute approximate surface area is 115 Å². The number of carbonyl (C=O) groups excluding carboxylic acids is 3. The minimum atomic E-state index is -1.02. The van der Waals surface area contributed by atoms with Gasteiger partial charge in [0.2, 0.25) is 12.6 Å². The van der Waals surface area contributed by atoms with Crippen LogP contribution in [0.2, 0.25) is 0 Å². The van der Waals surface area contributed by atoms with Gasteiger partial charge in [-0.15, -0.1) is 0 Å². The zero-order chi connectivity index (χ0) is 14.7. The van der Waals surface area contributed by atoms with Crippen LogP contribution in [-0.4, -0.2) is 42.5 Å². The molecule has 0 saturated heterocycles. The smallest absolute Gasteiger partial charge is 0.400 e. The lowest BCUT2D eigenvalue weighted by Crippen LogP contribution is -2.35. The Morgan fingerprint density at radius 3 is 1.70 bits per heavy atom. The summed E-state index contributed by atoms with van der Waals surface area (Å²) >= 11 is 0. The Kier molecular flexibility index (Phi) is 4.31. The summed E-state index contributed by atoms with van der Waals surface area (Å²) in [7, 11) is 0. The van der Waals surface area contributed by atoms with Gasteiger partial charge in [-0.1, -0.05) is 0 Å². The van der Waals surface area contributed by atoms with Crippen LogP contribution >= 0.6 is 0 Å². The van der Waals surface area contributed by atoms with Gasteiger partial charge >= 0.3 is 6.16 Å². The van der Waals surface area contributed by atoms with E-state index in [4.69, 9.17) is 18.9 Å². The maximum atomic E-state index is 11.5. The molecule has 2 rings (SSSR count). The van der Waals surface area contributed by atoms with Crippen molar-refractivity contribution in [1.82, 2.24) is 0 Å². The zero-order valence-corrected chi connectivity index (χ0v) is 11.0. The van der Waals surface area contributed by atoms with Crippen molar-refractivity contribution < 1.29 is 33.3 Å².